The zero-order valence-electron chi connectivity index (χ0n) is 19.5. The standard InChI is InChI=1S/C25H28N4O4/c1-5-32-23(30)15(3)11-25(12-16(4)24(31)33-6-2)18-10-8-7-9-17(18)21-22(25)29-20(14-27)19(13-26)28-21/h9-10,15-16H,5-8,11-12H2,1-4H3. The Morgan fingerprint density at radius 2 is 1.48 bits per heavy atom. The van der Waals surface area contributed by atoms with Gasteiger partial charge in [-0.15, -0.1) is 0 Å². The number of hydrogen-bond donors (Lipinski definition) is 0. The molecule has 0 saturated heterocycles. The maximum Gasteiger partial charge on any atom is 0.308 e. The molecule has 0 saturated carbocycles. The van der Waals surface area contributed by atoms with Gasteiger partial charge in [0.1, 0.15) is 12.1 Å². The van der Waals surface area contributed by atoms with Crippen molar-refractivity contribution in [2.45, 2.75) is 58.8 Å². The van der Waals surface area contributed by atoms with Crippen LogP contribution in [0, 0.1) is 34.5 Å². The quantitative estimate of drug-likeness (QED) is 0.550. The fraction of sp³-hybridized carbons (Fsp3) is 0.520. The lowest BCUT2D eigenvalue weighted by atomic mass is 9.68. The highest BCUT2D eigenvalue weighted by Gasteiger charge is 2.51. The molecule has 0 aliphatic heterocycles. The molecule has 2 aliphatic carbocycles. The molecule has 3 rings (SSSR count). The van der Waals surface area contributed by atoms with Crippen LogP contribution in [0.15, 0.2) is 17.7 Å². The molecule has 0 fully saturated rings. The van der Waals surface area contributed by atoms with Crippen molar-refractivity contribution < 1.29 is 19.1 Å². The van der Waals surface area contributed by atoms with E-state index in [2.05, 4.69) is 22.1 Å². The fourth-order valence-electron chi connectivity index (χ4n) is 4.87. The third-order valence-corrected chi connectivity index (χ3v) is 6.17. The van der Waals surface area contributed by atoms with Gasteiger partial charge in [0.2, 0.25) is 0 Å². The fourth-order valence-corrected chi connectivity index (χ4v) is 4.87. The molecule has 1 aromatic rings. The molecule has 2 unspecified atom stereocenters. The summed E-state index contributed by atoms with van der Waals surface area (Å²) in [7, 11) is 0. The summed E-state index contributed by atoms with van der Waals surface area (Å²) in [6.45, 7) is 7.64. The minimum Gasteiger partial charge on any atom is -0.466 e. The number of carbonyl (C=O) groups excluding carboxylic acids is 2. The number of esters is 2. The van der Waals surface area contributed by atoms with E-state index in [4.69, 9.17) is 9.47 Å². The number of nitrogens with zero attached hydrogens (tertiary/aromatic N) is 4. The summed E-state index contributed by atoms with van der Waals surface area (Å²) in [4.78, 5) is 34.3. The van der Waals surface area contributed by atoms with E-state index in [1.165, 1.54) is 0 Å². The molecule has 0 N–H and O–H groups in total. The van der Waals surface area contributed by atoms with Crippen molar-refractivity contribution >= 4 is 17.5 Å². The molecular formula is C25H28N4O4. The lowest BCUT2D eigenvalue weighted by Gasteiger charge is -2.35. The van der Waals surface area contributed by atoms with Gasteiger partial charge in [-0.1, -0.05) is 26.0 Å². The normalized spacial score (nSPS) is 20.2. The van der Waals surface area contributed by atoms with Gasteiger partial charge in [-0.2, -0.15) is 10.5 Å². The van der Waals surface area contributed by atoms with Crippen molar-refractivity contribution in [2.24, 2.45) is 11.8 Å². The Balaban J connectivity index is 2.23. The molecule has 2 atom stereocenters. The van der Waals surface area contributed by atoms with Gasteiger partial charge in [-0.25, -0.2) is 9.97 Å². The predicted molar refractivity (Wildman–Crippen MR) is 119 cm³/mol. The third-order valence-electron chi connectivity index (χ3n) is 6.17. The maximum absolute atomic E-state index is 12.6. The molecule has 0 radical (unpaired) electrons. The first-order valence-electron chi connectivity index (χ1n) is 11.3. The number of aromatic nitrogens is 2. The van der Waals surface area contributed by atoms with Crippen LogP contribution in [-0.2, 0) is 24.5 Å². The molecule has 1 heterocycles. The van der Waals surface area contributed by atoms with Crippen LogP contribution in [0.3, 0.4) is 0 Å². The van der Waals surface area contributed by atoms with E-state index >= 15 is 0 Å². The number of carbonyl (C=O) groups is 2. The summed E-state index contributed by atoms with van der Waals surface area (Å²) in [6, 6.07) is 3.93. The Kier molecular flexibility index (Phi) is 7.28. The van der Waals surface area contributed by atoms with E-state index in [9.17, 15) is 20.1 Å². The Hall–Kier alpha value is -3.52. The van der Waals surface area contributed by atoms with E-state index in [-0.39, 0.29) is 36.5 Å². The van der Waals surface area contributed by atoms with Gasteiger partial charge in [0, 0.05) is 11.0 Å². The number of fused-ring (bicyclic) bond motifs is 3. The molecule has 8 nitrogen and oxygen atoms in total. The molecule has 0 bridgehead atoms. The van der Waals surface area contributed by atoms with Crippen LogP contribution in [0.5, 0.6) is 0 Å². The molecule has 0 aromatic carbocycles. The van der Waals surface area contributed by atoms with Crippen LogP contribution in [0.1, 0.15) is 76.2 Å². The maximum atomic E-state index is 12.6. The summed E-state index contributed by atoms with van der Waals surface area (Å²) in [5.74, 6) is -1.65. The first-order valence-corrected chi connectivity index (χ1v) is 11.3. The van der Waals surface area contributed by atoms with E-state index in [0.29, 0.717) is 24.2 Å². The molecule has 8 heteroatoms. The van der Waals surface area contributed by atoms with Crippen molar-refractivity contribution in [2.75, 3.05) is 13.2 Å². The largest absolute Gasteiger partial charge is 0.466 e. The summed E-state index contributed by atoms with van der Waals surface area (Å²) in [6.07, 6.45) is 6.42. The number of rotatable bonds is 8. The second-order valence-corrected chi connectivity index (χ2v) is 8.45. The van der Waals surface area contributed by atoms with Gasteiger partial charge >= 0.3 is 11.9 Å². The van der Waals surface area contributed by atoms with Crippen LogP contribution < -0.4 is 0 Å². The Morgan fingerprint density at radius 3 is 2.00 bits per heavy atom. The van der Waals surface area contributed by atoms with E-state index in [1.54, 1.807) is 27.7 Å². The molecular weight excluding hydrogens is 420 g/mol. The Bertz CT molecular complexity index is 1080. The van der Waals surface area contributed by atoms with Crippen LogP contribution in [-0.4, -0.2) is 35.1 Å². The highest BCUT2D eigenvalue weighted by Crippen LogP contribution is 2.56. The first kappa shape index (κ1) is 24.1. The van der Waals surface area contributed by atoms with Crippen molar-refractivity contribution in [1.82, 2.24) is 9.97 Å². The topological polar surface area (TPSA) is 126 Å². The highest BCUT2D eigenvalue weighted by atomic mass is 16.5. The van der Waals surface area contributed by atoms with Gasteiger partial charge in [0.15, 0.2) is 11.4 Å². The monoisotopic (exact) mass is 448 g/mol. The Morgan fingerprint density at radius 1 is 0.970 bits per heavy atom. The first-order chi connectivity index (χ1) is 15.8. The number of hydrogen-bond acceptors (Lipinski definition) is 8. The number of nitriles is 2. The number of allylic oxidation sites excluding steroid dienone is 4. The summed E-state index contributed by atoms with van der Waals surface area (Å²) in [5, 5.41) is 19.1. The van der Waals surface area contributed by atoms with Gasteiger partial charge < -0.3 is 9.47 Å². The van der Waals surface area contributed by atoms with Crippen molar-refractivity contribution in [3.05, 3.63) is 40.5 Å². The van der Waals surface area contributed by atoms with Crippen molar-refractivity contribution in [1.29, 1.82) is 10.5 Å². The smallest absolute Gasteiger partial charge is 0.308 e. The summed E-state index contributed by atoms with van der Waals surface area (Å²) in [5.41, 5.74) is 1.94. The molecule has 2 aliphatic rings. The lowest BCUT2D eigenvalue weighted by Crippen LogP contribution is -2.36. The average Bonchev–Trinajstić information content (AvgIpc) is 3.07. The molecule has 0 amide bonds. The van der Waals surface area contributed by atoms with Gasteiger partial charge in [-0.3, -0.25) is 9.59 Å². The minimum absolute atomic E-state index is 0.0326. The van der Waals surface area contributed by atoms with Crippen LogP contribution in [0.2, 0.25) is 0 Å². The molecule has 33 heavy (non-hydrogen) atoms. The Labute approximate surface area is 193 Å². The third kappa shape index (κ3) is 4.39. The molecule has 0 spiro atoms. The molecule has 1 aromatic heterocycles. The lowest BCUT2D eigenvalue weighted by molar-refractivity contribution is -0.148. The van der Waals surface area contributed by atoms with Gasteiger partial charge in [-0.05, 0) is 45.1 Å². The molecule has 172 valence electrons. The number of ether oxygens (including phenoxy) is 2. The zero-order valence-corrected chi connectivity index (χ0v) is 19.5. The second-order valence-electron chi connectivity index (χ2n) is 8.45. The highest BCUT2D eigenvalue weighted by molar-refractivity contribution is 5.89. The van der Waals surface area contributed by atoms with Crippen LogP contribution in [0.25, 0.3) is 5.57 Å². The van der Waals surface area contributed by atoms with Gasteiger partial charge in [0.05, 0.1) is 36.4 Å². The van der Waals surface area contributed by atoms with Gasteiger partial charge in [0.25, 0.3) is 0 Å². The second kappa shape index (κ2) is 9.95. The van der Waals surface area contributed by atoms with Crippen LogP contribution >= 0.6 is 0 Å². The van der Waals surface area contributed by atoms with E-state index in [1.807, 2.05) is 12.1 Å². The SMILES string of the molecule is CCOC(=O)C(C)CC1(CC(C)C(=O)OCC)C2=CCCC=C2c2nc(C#N)c(C#N)nc21. The minimum atomic E-state index is -0.841. The van der Waals surface area contributed by atoms with E-state index < -0.39 is 17.3 Å². The van der Waals surface area contributed by atoms with E-state index in [0.717, 1.165) is 24.0 Å². The average molecular weight is 449 g/mol. The van der Waals surface area contributed by atoms with Crippen molar-refractivity contribution in [3.8, 4) is 12.1 Å². The summed E-state index contributed by atoms with van der Waals surface area (Å²) >= 11 is 0. The zero-order chi connectivity index (χ0) is 24.2. The summed E-state index contributed by atoms with van der Waals surface area (Å²) < 4.78 is 10.5. The predicted octanol–water partition coefficient (Wildman–Crippen LogP) is 3.75. The van der Waals surface area contributed by atoms with Crippen LogP contribution in [0.4, 0.5) is 0 Å². The van der Waals surface area contributed by atoms with Crippen molar-refractivity contribution in [3.63, 3.8) is 0 Å².